The molecule has 2 heterocycles. The number of nitrogens with one attached hydrogen (secondary N) is 1. The Morgan fingerprint density at radius 2 is 2.11 bits per heavy atom. The van der Waals surface area contributed by atoms with Crippen molar-refractivity contribution in [3.63, 3.8) is 0 Å². The first kappa shape index (κ1) is 12.2. The number of thiazole rings is 1. The summed E-state index contributed by atoms with van der Waals surface area (Å²) >= 11 is 1.45. The lowest BCUT2D eigenvalue weighted by molar-refractivity contribution is -0.116. The quantitative estimate of drug-likeness (QED) is 0.839. The molecule has 1 aromatic heterocycles. The van der Waals surface area contributed by atoms with Crippen LogP contribution in [0.5, 0.6) is 0 Å². The van der Waals surface area contributed by atoms with Crippen LogP contribution in [0.4, 0.5) is 10.8 Å². The van der Waals surface area contributed by atoms with Crippen LogP contribution in [0.25, 0.3) is 11.3 Å². The maximum atomic E-state index is 11.5. The first-order valence-corrected chi connectivity index (χ1v) is 7.08. The van der Waals surface area contributed by atoms with E-state index in [2.05, 4.69) is 23.3 Å². The van der Waals surface area contributed by atoms with Gasteiger partial charge in [-0.15, -0.1) is 11.3 Å². The highest BCUT2D eigenvalue weighted by atomic mass is 32.1. The van der Waals surface area contributed by atoms with Crippen LogP contribution >= 0.6 is 11.3 Å². The molecule has 0 fully saturated rings. The fraction of sp³-hybridized carbons (Fsp3) is 0.286. The molecule has 1 aliphatic rings. The second kappa shape index (κ2) is 4.35. The lowest BCUT2D eigenvalue weighted by Crippen LogP contribution is -2.20. The number of nitrogens with zero attached hydrogens (tertiary/aromatic N) is 1. The van der Waals surface area contributed by atoms with Gasteiger partial charge in [0.25, 0.3) is 0 Å². The van der Waals surface area contributed by atoms with Crippen LogP contribution in [-0.4, -0.2) is 10.9 Å². The fourth-order valence-electron chi connectivity index (χ4n) is 2.48. The number of nitrogen functional groups attached to an aromatic ring is 1. The molecule has 5 heteroatoms. The van der Waals surface area contributed by atoms with Crippen molar-refractivity contribution in [1.82, 2.24) is 4.98 Å². The third-order valence-electron chi connectivity index (χ3n) is 3.66. The highest BCUT2D eigenvalue weighted by molar-refractivity contribution is 7.13. The van der Waals surface area contributed by atoms with E-state index in [1.165, 1.54) is 16.9 Å². The van der Waals surface area contributed by atoms with E-state index < -0.39 is 0 Å². The molecule has 0 radical (unpaired) electrons. The fourth-order valence-corrected chi connectivity index (χ4v) is 3.05. The summed E-state index contributed by atoms with van der Waals surface area (Å²) in [6, 6.07) is 2.13. The van der Waals surface area contributed by atoms with E-state index in [1.807, 2.05) is 12.3 Å². The average molecular weight is 273 g/mol. The monoisotopic (exact) mass is 273 g/mol. The summed E-state index contributed by atoms with van der Waals surface area (Å²) in [5, 5.41) is 5.53. The van der Waals surface area contributed by atoms with Crippen molar-refractivity contribution in [2.24, 2.45) is 0 Å². The average Bonchev–Trinajstić information content (AvgIpc) is 2.81. The molecule has 4 nitrogen and oxygen atoms in total. The van der Waals surface area contributed by atoms with Crippen LogP contribution in [-0.2, 0) is 11.2 Å². The number of fused-ring (bicyclic) bond motifs is 1. The Kier molecular flexibility index (Phi) is 2.78. The van der Waals surface area contributed by atoms with E-state index in [0.717, 1.165) is 34.5 Å². The van der Waals surface area contributed by atoms with Crippen LogP contribution in [0, 0.1) is 13.8 Å². The van der Waals surface area contributed by atoms with Crippen LogP contribution < -0.4 is 11.1 Å². The summed E-state index contributed by atoms with van der Waals surface area (Å²) in [4.78, 5) is 15.9. The number of anilines is 2. The van der Waals surface area contributed by atoms with E-state index in [1.54, 1.807) is 0 Å². The summed E-state index contributed by atoms with van der Waals surface area (Å²) in [7, 11) is 0. The molecule has 98 valence electrons. The Bertz CT molecular complexity index is 676. The van der Waals surface area contributed by atoms with Gasteiger partial charge in [-0.25, -0.2) is 4.98 Å². The Labute approximate surface area is 115 Å². The van der Waals surface area contributed by atoms with Crippen molar-refractivity contribution in [2.75, 3.05) is 11.1 Å². The molecule has 19 heavy (non-hydrogen) atoms. The molecular formula is C14H15N3OS. The summed E-state index contributed by atoms with van der Waals surface area (Å²) in [6.07, 6.45) is 1.34. The molecule has 1 aromatic carbocycles. The molecule has 0 atom stereocenters. The van der Waals surface area contributed by atoms with Gasteiger partial charge in [-0.2, -0.15) is 0 Å². The number of rotatable bonds is 1. The van der Waals surface area contributed by atoms with Crippen LogP contribution in [0.1, 0.15) is 23.1 Å². The minimum atomic E-state index is 0.0978. The van der Waals surface area contributed by atoms with Gasteiger partial charge in [0.05, 0.1) is 5.69 Å². The first-order valence-electron chi connectivity index (χ1n) is 6.20. The highest BCUT2D eigenvalue weighted by Gasteiger charge is 2.20. The van der Waals surface area contributed by atoms with Gasteiger partial charge in [-0.1, -0.05) is 0 Å². The lowest BCUT2D eigenvalue weighted by atomic mass is 9.91. The second-order valence-corrected chi connectivity index (χ2v) is 5.72. The maximum Gasteiger partial charge on any atom is 0.224 e. The van der Waals surface area contributed by atoms with Crippen molar-refractivity contribution in [1.29, 1.82) is 0 Å². The third kappa shape index (κ3) is 2.00. The van der Waals surface area contributed by atoms with Crippen molar-refractivity contribution in [3.05, 3.63) is 28.1 Å². The summed E-state index contributed by atoms with van der Waals surface area (Å²) < 4.78 is 0. The Morgan fingerprint density at radius 1 is 1.32 bits per heavy atom. The molecule has 0 bridgehead atoms. The molecule has 3 N–H and O–H groups in total. The minimum absolute atomic E-state index is 0.0978. The number of aromatic nitrogens is 1. The standard InChI is InChI=1S/C14H15N3OS/c1-7-8(2)13-9(3-4-12(18)17-13)5-10(7)11-6-19-14(15)16-11/h5-6H,3-4H2,1-2H3,(H2,15,16)(H,17,18). The molecule has 3 rings (SSSR count). The van der Waals surface area contributed by atoms with Gasteiger partial charge in [0, 0.05) is 23.1 Å². The van der Waals surface area contributed by atoms with Crippen molar-refractivity contribution in [3.8, 4) is 11.3 Å². The third-order valence-corrected chi connectivity index (χ3v) is 4.34. The largest absolute Gasteiger partial charge is 0.375 e. The van der Waals surface area contributed by atoms with Gasteiger partial charge in [0.2, 0.25) is 5.91 Å². The van der Waals surface area contributed by atoms with Crippen LogP contribution in [0.3, 0.4) is 0 Å². The molecule has 2 aromatic rings. The second-order valence-electron chi connectivity index (χ2n) is 4.83. The molecule has 1 amide bonds. The number of carbonyl (C=O) groups excluding carboxylic acids is 1. The van der Waals surface area contributed by atoms with E-state index in [9.17, 15) is 4.79 Å². The number of benzene rings is 1. The van der Waals surface area contributed by atoms with Gasteiger partial charge < -0.3 is 11.1 Å². The number of hydrogen-bond donors (Lipinski definition) is 2. The van der Waals surface area contributed by atoms with Gasteiger partial charge in [-0.3, -0.25) is 4.79 Å². The predicted octanol–water partition coefficient (Wildman–Crippen LogP) is 2.89. The molecule has 0 unspecified atom stereocenters. The number of amides is 1. The van der Waals surface area contributed by atoms with Crippen LogP contribution in [0.2, 0.25) is 0 Å². The van der Waals surface area contributed by atoms with Gasteiger partial charge >= 0.3 is 0 Å². The molecule has 0 saturated heterocycles. The molecule has 0 spiro atoms. The van der Waals surface area contributed by atoms with Gasteiger partial charge in [0.15, 0.2) is 5.13 Å². The molecule has 0 aliphatic carbocycles. The molecule has 1 aliphatic heterocycles. The zero-order valence-electron chi connectivity index (χ0n) is 10.9. The van der Waals surface area contributed by atoms with Gasteiger partial charge in [-0.05, 0) is 43.0 Å². The van der Waals surface area contributed by atoms with E-state index in [-0.39, 0.29) is 5.91 Å². The number of carbonyl (C=O) groups is 1. The van der Waals surface area contributed by atoms with Crippen LogP contribution in [0.15, 0.2) is 11.4 Å². The zero-order chi connectivity index (χ0) is 13.6. The maximum absolute atomic E-state index is 11.5. The Balaban J connectivity index is 2.18. The summed E-state index contributed by atoms with van der Waals surface area (Å²) in [5.74, 6) is 0.0978. The van der Waals surface area contributed by atoms with Crippen molar-refractivity contribution < 1.29 is 4.79 Å². The lowest BCUT2D eigenvalue weighted by Gasteiger charge is -2.22. The van der Waals surface area contributed by atoms with Crippen molar-refractivity contribution in [2.45, 2.75) is 26.7 Å². The normalized spacial score (nSPS) is 14.1. The number of hydrogen-bond acceptors (Lipinski definition) is 4. The first-order chi connectivity index (χ1) is 9.06. The topological polar surface area (TPSA) is 68.0 Å². The van der Waals surface area contributed by atoms with E-state index in [4.69, 9.17) is 5.73 Å². The molecular weight excluding hydrogens is 258 g/mol. The highest BCUT2D eigenvalue weighted by Crippen LogP contribution is 2.36. The summed E-state index contributed by atoms with van der Waals surface area (Å²) in [6.45, 7) is 4.10. The van der Waals surface area contributed by atoms with Crippen molar-refractivity contribution >= 4 is 28.1 Å². The van der Waals surface area contributed by atoms with Gasteiger partial charge in [0.1, 0.15) is 0 Å². The minimum Gasteiger partial charge on any atom is -0.375 e. The zero-order valence-corrected chi connectivity index (χ0v) is 11.7. The number of aryl methyl sites for hydroxylation is 1. The van der Waals surface area contributed by atoms with E-state index >= 15 is 0 Å². The smallest absolute Gasteiger partial charge is 0.224 e. The SMILES string of the molecule is Cc1c(-c2csc(N)n2)cc2c(c1C)NC(=O)CC2. The molecule has 0 saturated carbocycles. The Morgan fingerprint density at radius 3 is 2.79 bits per heavy atom. The predicted molar refractivity (Wildman–Crippen MR) is 78.4 cm³/mol. The summed E-state index contributed by atoms with van der Waals surface area (Å²) in [5.41, 5.74) is 12.2. The Hall–Kier alpha value is -1.88. The number of nitrogens with two attached hydrogens (primary N) is 1. The van der Waals surface area contributed by atoms with E-state index in [0.29, 0.717) is 11.6 Å².